The number of ether oxygens (including phenoxy) is 1. The quantitative estimate of drug-likeness (QED) is 0.717. The molecule has 0 radical (unpaired) electrons. The van der Waals surface area contributed by atoms with Gasteiger partial charge < -0.3 is 15.6 Å². The van der Waals surface area contributed by atoms with Crippen LogP contribution in [0.25, 0.3) is 0 Å². The highest BCUT2D eigenvalue weighted by molar-refractivity contribution is 5.85. The first kappa shape index (κ1) is 13.7. The van der Waals surface area contributed by atoms with Gasteiger partial charge in [-0.25, -0.2) is 4.79 Å². The van der Waals surface area contributed by atoms with Crippen molar-refractivity contribution in [2.45, 2.75) is 44.8 Å². The van der Waals surface area contributed by atoms with Gasteiger partial charge >= 0.3 is 6.09 Å². The molecule has 0 heterocycles. The summed E-state index contributed by atoms with van der Waals surface area (Å²) in [6.45, 7) is 5.41. The van der Waals surface area contributed by atoms with Gasteiger partial charge in [0, 0.05) is 23.2 Å². The van der Waals surface area contributed by atoms with Crippen molar-refractivity contribution >= 4 is 11.8 Å². The van der Waals surface area contributed by atoms with Crippen LogP contribution in [0.1, 0.15) is 38.7 Å². The van der Waals surface area contributed by atoms with E-state index in [1.54, 1.807) is 39.0 Å². The molecule has 1 fully saturated rings. The van der Waals surface area contributed by atoms with Gasteiger partial charge in [-0.2, -0.15) is 0 Å². The van der Waals surface area contributed by atoms with Gasteiger partial charge in [0.15, 0.2) is 0 Å². The highest BCUT2D eigenvalue weighted by Crippen LogP contribution is 2.43. The van der Waals surface area contributed by atoms with E-state index < -0.39 is 11.7 Å². The lowest BCUT2D eigenvalue weighted by Gasteiger charge is -2.20. The lowest BCUT2D eigenvalue weighted by Crippen LogP contribution is -2.27. The molecule has 1 aliphatic carbocycles. The largest absolute Gasteiger partial charge is 0.508 e. The number of rotatable bonds is 2. The van der Waals surface area contributed by atoms with E-state index in [0.29, 0.717) is 5.69 Å². The monoisotopic (exact) mass is 264 g/mol. The van der Waals surface area contributed by atoms with Crippen molar-refractivity contribution in [3.8, 4) is 5.75 Å². The molecular formula is C14H20N2O3. The van der Waals surface area contributed by atoms with Gasteiger partial charge in [0.25, 0.3) is 0 Å². The van der Waals surface area contributed by atoms with Gasteiger partial charge in [-0.05, 0) is 45.4 Å². The van der Waals surface area contributed by atoms with E-state index in [1.807, 2.05) is 0 Å². The fourth-order valence-corrected chi connectivity index (χ4v) is 1.92. The van der Waals surface area contributed by atoms with Crippen LogP contribution in [0.15, 0.2) is 18.2 Å². The van der Waals surface area contributed by atoms with E-state index >= 15 is 0 Å². The summed E-state index contributed by atoms with van der Waals surface area (Å²) in [5.74, 6) is 0.396. The molecule has 2 rings (SSSR count). The lowest BCUT2D eigenvalue weighted by atomic mass is 10.1. The van der Waals surface area contributed by atoms with E-state index in [1.165, 1.54) is 0 Å². The number of phenolic OH excluding ortho intramolecular Hbond substituents is 1. The minimum atomic E-state index is -0.539. The van der Waals surface area contributed by atoms with Crippen molar-refractivity contribution in [1.29, 1.82) is 0 Å². The number of aromatic hydroxyl groups is 1. The van der Waals surface area contributed by atoms with Crippen LogP contribution < -0.4 is 11.1 Å². The maximum Gasteiger partial charge on any atom is 0.412 e. The van der Waals surface area contributed by atoms with Gasteiger partial charge in [-0.3, -0.25) is 5.32 Å². The Kier molecular flexibility index (Phi) is 3.41. The molecule has 0 spiro atoms. The molecule has 1 saturated carbocycles. The second-order valence-electron chi connectivity index (χ2n) is 5.91. The Balaban J connectivity index is 2.07. The van der Waals surface area contributed by atoms with Crippen molar-refractivity contribution in [3.63, 3.8) is 0 Å². The fourth-order valence-electron chi connectivity index (χ4n) is 1.92. The molecule has 1 amide bonds. The SMILES string of the molecule is CC(C)(C)OC(=O)Nc1ccc(O)c([C@@H]2C[C@H]2N)c1. The summed E-state index contributed by atoms with van der Waals surface area (Å²) >= 11 is 0. The molecule has 0 aliphatic heterocycles. The van der Waals surface area contributed by atoms with Crippen molar-refractivity contribution < 1.29 is 14.6 Å². The molecule has 0 unspecified atom stereocenters. The van der Waals surface area contributed by atoms with Crippen LogP contribution >= 0.6 is 0 Å². The molecule has 2 atom stereocenters. The molecule has 5 nitrogen and oxygen atoms in total. The number of carbonyl (C=O) groups excluding carboxylic acids is 1. The van der Waals surface area contributed by atoms with Gasteiger partial charge in [0.05, 0.1) is 0 Å². The van der Waals surface area contributed by atoms with Crippen molar-refractivity contribution in [2.24, 2.45) is 5.73 Å². The Morgan fingerprint density at radius 1 is 1.47 bits per heavy atom. The number of benzene rings is 1. The fraction of sp³-hybridized carbons (Fsp3) is 0.500. The summed E-state index contributed by atoms with van der Waals surface area (Å²) in [4.78, 5) is 11.7. The standard InChI is InChI=1S/C14H20N2O3/c1-14(2,3)19-13(18)16-8-4-5-12(17)10(6-8)9-7-11(9)15/h4-6,9,11,17H,7,15H2,1-3H3,(H,16,18)/t9-,11+/m0/s1. The number of phenols is 1. The summed E-state index contributed by atoms with van der Waals surface area (Å²) < 4.78 is 5.17. The third kappa shape index (κ3) is 3.61. The molecule has 0 saturated heterocycles. The van der Waals surface area contributed by atoms with E-state index in [-0.39, 0.29) is 17.7 Å². The van der Waals surface area contributed by atoms with Crippen LogP contribution in [0.3, 0.4) is 0 Å². The number of hydrogen-bond acceptors (Lipinski definition) is 4. The van der Waals surface area contributed by atoms with Crippen molar-refractivity contribution in [2.75, 3.05) is 5.32 Å². The Hall–Kier alpha value is -1.75. The molecule has 4 N–H and O–H groups in total. The minimum absolute atomic E-state index is 0.0997. The Morgan fingerprint density at radius 2 is 2.11 bits per heavy atom. The summed E-state index contributed by atoms with van der Waals surface area (Å²) in [6.07, 6.45) is 0.355. The zero-order chi connectivity index (χ0) is 14.2. The molecule has 104 valence electrons. The van der Waals surface area contributed by atoms with Crippen LogP contribution in [0.4, 0.5) is 10.5 Å². The summed E-state index contributed by atoms with van der Waals surface area (Å²) in [7, 11) is 0. The van der Waals surface area contributed by atoms with Crippen molar-refractivity contribution in [3.05, 3.63) is 23.8 Å². The normalized spacial score (nSPS) is 21.9. The Morgan fingerprint density at radius 3 is 2.63 bits per heavy atom. The predicted molar refractivity (Wildman–Crippen MR) is 73.3 cm³/mol. The molecule has 1 aromatic carbocycles. The highest BCUT2D eigenvalue weighted by Gasteiger charge is 2.36. The maximum absolute atomic E-state index is 11.7. The topological polar surface area (TPSA) is 84.6 Å². The lowest BCUT2D eigenvalue weighted by molar-refractivity contribution is 0.0636. The molecular weight excluding hydrogens is 244 g/mol. The van der Waals surface area contributed by atoms with E-state index in [9.17, 15) is 9.90 Å². The summed E-state index contributed by atoms with van der Waals surface area (Å²) in [6, 6.07) is 5.04. The number of hydrogen-bond donors (Lipinski definition) is 3. The summed E-state index contributed by atoms with van der Waals surface area (Å²) in [5, 5.41) is 12.4. The second-order valence-corrected chi connectivity index (χ2v) is 5.91. The third-order valence-electron chi connectivity index (χ3n) is 2.91. The van der Waals surface area contributed by atoms with Crippen LogP contribution in [0.2, 0.25) is 0 Å². The zero-order valence-corrected chi connectivity index (χ0v) is 11.4. The number of nitrogens with two attached hydrogens (primary N) is 1. The predicted octanol–water partition coefficient (Wildman–Crippen LogP) is 2.55. The first-order valence-electron chi connectivity index (χ1n) is 6.35. The molecule has 0 bridgehead atoms. The van der Waals surface area contributed by atoms with E-state index in [0.717, 1.165) is 12.0 Å². The average Bonchev–Trinajstić information content (AvgIpc) is 2.95. The first-order valence-corrected chi connectivity index (χ1v) is 6.35. The van der Waals surface area contributed by atoms with Crippen LogP contribution in [-0.4, -0.2) is 22.8 Å². The number of anilines is 1. The maximum atomic E-state index is 11.7. The van der Waals surface area contributed by atoms with E-state index in [2.05, 4.69) is 5.32 Å². The van der Waals surface area contributed by atoms with Crippen LogP contribution in [0.5, 0.6) is 5.75 Å². The number of nitrogens with one attached hydrogen (secondary N) is 1. The molecule has 19 heavy (non-hydrogen) atoms. The summed E-state index contributed by atoms with van der Waals surface area (Å²) in [5.41, 5.74) is 6.62. The molecule has 1 aromatic rings. The molecule has 0 aromatic heterocycles. The van der Waals surface area contributed by atoms with Gasteiger partial charge in [-0.1, -0.05) is 0 Å². The highest BCUT2D eigenvalue weighted by atomic mass is 16.6. The van der Waals surface area contributed by atoms with Crippen LogP contribution in [-0.2, 0) is 4.74 Å². The average molecular weight is 264 g/mol. The van der Waals surface area contributed by atoms with Crippen LogP contribution in [0, 0.1) is 0 Å². The van der Waals surface area contributed by atoms with Crippen molar-refractivity contribution in [1.82, 2.24) is 0 Å². The van der Waals surface area contributed by atoms with Gasteiger partial charge in [0.2, 0.25) is 0 Å². The first-order chi connectivity index (χ1) is 8.76. The molecule has 1 aliphatic rings. The zero-order valence-electron chi connectivity index (χ0n) is 11.4. The smallest absolute Gasteiger partial charge is 0.412 e. The Bertz CT molecular complexity index is 494. The van der Waals surface area contributed by atoms with E-state index in [4.69, 9.17) is 10.5 Å². The van der Waals surface area contributed by atoms with Gasteiger partial charge in [-0.15, -0.1) is 0 Å². The molecule has 5 heteroatoms. The number of carbonyl (C=O) groups is 1. The van der Waals surface area contributed by atoms with Gasteiger partial charge in [0.1, 0.15) is 11.4 Å². The Labute approximate surface area is 112 Å². The number of amides is 1. The third-order valence-corrected chi connectivity index (χ3v) is 2.91. The minimum Gasteiger partial charge on any atom is -0.508 e. The second kappa shape index (κ2) is 4.74.